The van der Waals surface area contributed by atoms with E-state index in [4.69, 9.17) is 0 Å². The summed E-state index contributed by atoms with van der Waals surface area (Å²) in [6.07, 6.45) is 1.96. The maximum absolute atomic E-state index is 9.67. The number of rotatable bonds is 5. The number of hydrogen-bond acceptors (Lipinski definition) is 4. The molecule has 0 aromatic heterocycles. The average Bonchev–Trinajstić information content (AvgIpc) is 2.35. The van der Waals surface area contributed by atoms with E-state index in [0.717, 1.165) is 12.8 Å². The smallest absolute Gasteiger partial charge is 0.200 e. The lowest BCUT2D eigenvalue weighted by Crippen LogP contribution is -2.40. The predicted molar refractivity (Wildman–Crippen MR) is 67.3 cm³/mol. The highest BCUT2D eigenvalue weighted by Gasteiger charge is 2.19. The van der Waals surface area contributed by atoms with Gasteiger partial charge in [-0.15, -0.1) is 0 Å². The Hall–Kier alpha value is -1.42. The van der Waals surface area contributed by atoms with Crippen molar-refractivity contribution in [3.63, 3.8) is 0 Å². The Morgan fingerprint density at radius 3 is 2.18 bits per heavy atom. The van der Waals surface area contributed by atoms with Gasteiger partial charge in [-0.2, -0.15) is 0 Å². The van der Waals surface area contributed by atoms with Crippen LogP contribution in [0.15, 0.2) is 12.1 Å². The minimum Gasteiger partial charge on any atom is -0.504 e. The molecular weight excluding hydrogens is 218 g/mol. The average molecular weight is 239 g/mol. The molecule has 0 atom stereocenters. The van der Waals surface area contributed by atoms with Crippen LogP contribution in [0.25, 0.3) is 0 Å². The van der Waals surface area contributed by atoms with Crippen LogP contribution >= 0.6 is 0 Å². The highest BCUT2D eigenvalue weighted by molar-refractivity contribution is 5.53. The maximum atomic E-state index is 9.67. The summed E-state index contributed by atoms with van der Waals surface area (Å²) in [5.41, 5.74) is 0.591. The Labute approximate surface area is 102 Å². The third-order valence-corrected chi connectivity index (χ3v) is 3.48. The van der Waals surface area contributed by atoms with Crippen LogP contribution in [0.2, 0.25) is 0 Å². The fourth-order valence-corrected chi connectivity index (χ4v) is 1.56. The fourth-order valence-electron chi connectivity index (χ4n) is 1.56. The van der Waals surface area contributed by atoms with Gasteiger partial charge >= 0.3 is 0 Å². The van der Waals surface area contributed by atoms with Gasteiger partial charge < -0.3 is 20.6 Å². The maximum Gasteiger partial charge on any atom is 0.200 e. The second kappa shape index (κ2) is 5.27. The van der Waals surface area contributed by atoms with Gasteiger partial charge in [-0.05, 0) is 25.8 Å². The lowest BCUT2D eigenvalue weighted by molar-refractivity contribution is 0.322. The number of phenolic OH excluding ortho intramolecular Hbond substituents is 3. The summed E-state index contributed by atoms with van der Waals surface area (Å²) >= 11 is 0. The van der Waals surface area contributed by atoms with Crippen LogP contribution in [-0.2, 0) is 6.54 Å². The van der Waals surface area contributed by atoms with Gasteiger partial charge in [0.15, 0.2) is 11.5 Å². The zero-order chi connectivity index (χ0) is 13.1. The number of aromatic hydroxyl groups is 3. The summed E-state index contributed by atoms with van der Waals surface area (Å²) in [4.78, 5) is 0. The predicted octanol–water partition coefficient (Wildman–Crippen LogP) is 2.47. The molecule has 1 aromatic carbocycles. The van der Waals surface area contributed by atoms with Gasteiger partial charge in [0.05, 0.1) is 0 Å². The molecule has 0 fully saturated rings. The van der Waals surface area contributed by atoms with E-state index in [1.54, 1.807) is 6.07 Å². The zero-order valence-electron chi connectivity index (χ0n) is 10.6. The van der Waals surface area contributed by atoms with E-state index in [9.17, 15) is 15.3 Å². The van der Waals surface area contributed by atoms with Crippen molar-refractivity contribution in [3.8, 4) is 17.2 Å². The topological polar surface area (TPSA) is 72.7 Å². The SMILES string of the molecule is CCC(C)(CC)NCc1ccc(O)c(O)c1O. The standard InChI is InChI=1S/C13H21NO3/c1-4-13(3,5-2)14-8-9-6-7-10(15)12(17)11(9)16/h6-7,14-17H,4-5,8H2,1-3H3. The van der Waals surface area contributed by atoms with Crippen molar-refractivity contribution in [1.82, 2.24) is 5.32 Å². The highest BCUT2D eigenvalue weighted by atomic mass is 16.3. The molecule has 0 saturated heterocycles. The van der Waals surface area contributed by atoms with Gasteiger partial charge in [0, 0.05) is 17.6 Å². The number of nitrogens with one attached hydrogen (secondary N) is 1. The second-order valence-electron chi connectivity index (χ2n) is 4.56. The van der Waals surface area contributed by atoms with Gasteiger partial charge in [-0.25, -0.2) is 0 Å². The van der Waals surface area contributed by atoms with E-state index in [-0.39, 0.29) is 17.0 Å². The van der Waals surface area contributed by atoms with Crippen LogP contribution in [0.4, 0.5) is 0 Å². The normalized spacial score (nSPS) is 11.7. The number of benzene rings is 1. The van der Waals surface area contributed by atoms with Crippen LogP contribution in [0.5, 0.6) is 17.2 Å². The van der Waals surface area contributed by atoms with Gasteiger partial charge in [-0.1, -0.05) is 19.9 Å². The van der Waals surface area contributed by atoms with Crippen molar-refractivity contribution in [1.29, 1.82) is 0 Å². The molecule has 0 aliphatic rings. The van der Waals surface area contributed by atoms with Crippen LogP contribution in [0, 0.1) is 0 Å². The van der Waals surface area contributed by atoms with Gasteiger partial charge in [0.2, 0.25) is 5.75 Å². The van der Waals surface area contributed by atoms with Crippen molar-refractivity contribution in [2.75, 3.05) is 0 Å². The van der Waals surface area contributed by atoms with Crippen molar-refractivity contribution < 1.29 is 15.3 Å². The molecule has 0 aliphatic heterocycles. The third-order valence-electron chi connectivity index (χ3n) is 3.48. The summed E-state index contributed by atoms with van der Waals surface area (Å²) in [6, 6.07) is 2.98. The van der Waals surface area contributed by atoms with E-state index in [1.165, 1.54) is 6.07 Å². The first kappa shape index (κ1) is 13.6. The van der Waals surface area contributed by atoms with Gasteiger partial charge in [-0.3, -0.25) is 0 Å². The quantitative estimate of drug-likeness (QED) is 0.596. The molecule has 0 spiro atoms. The molecule has 0 bridgehead atoms. The van der Waals surface area contributed by atoms with Crippen LogP contribution in [-0.4, -0.2) is 20.9 Å². The van der Waals surface area contributed by atoms with E-state index in [1.807, 2.05) is 0 Å². The van der Waals surface area contributed by atoms with E-state index in [2.05, 4.69) is 26.1 Å². The Morgan fingerprint density at radius 2 is 1.65 bits per heavy atom. The molecule has 96 valence electrons. The molecule has 1 rings (SSSR count). The van der Waals surface area contributed by atoms with Crippen molar-refractivity contribution in [2.24, 2.45) is 0 Å². The van der Waals surface area contributed by atoms with Crippen molar-refractivity contribution in [3.05, 3.63) is 17.7 Å². The number of phenols is 3. The van der Waals surface area contributed by atoms with E-state index < -0.39 is 5.75 Å². The van der Waals surface area contributed by atoms with Gasteiger partial charge in [0.1, 0.15) is 0 Å². The molecule has 17 heavy (non-hydrogen) atoms. The first-order valence-electron chi connectivity index (χ1n) is 5.91. The molecule has 0 unspecified atom stereocenters. The molecule has 0 saturated carbocycles. The molecule has 1 aromatic rings. The molecule has 0 radical (unpaired) electrons. The van der Waals surface area contributed by atoms with Crippen LogP contribution in [0.1, 0.15) is 39.2 Å². The number of hydrogen-bond donors (Lipinski definition) is 4. The molecule has 4 nitrogen and oxygen atoms in total. The summed E-state index contributed by atoms with van der Waals surface area (Å²) in [5, 5.41) is 31.6. The van der Waals surface area contributed by atoms with E-state index >= 15 is 0 Å². The third kappa shape index (κ3) is 3.03. The Bertz CT molecular complexity index is 386. The summed E-state index contributed by atoms with van der Waals surface area (Å²) < 4.78 is 0. The molecular formula is C13H21NO3. The van der Waals surface area contributed by atoms with Crippen LogP contribution in [0.3, 0.4) is 0 Å². The van der Waals surface area contributed by atoms with E-state index in [0.29, 0.717) is 12.1 Å². The summed E-state index contributed by atoms with van der Waals surface area (Å²) in [7, 11) is 0. The Kier molecular flexibility index (Phi) is 4.23. The molecule has 4 heteroatoms. The van der Waals surface area contributed by atoms with Crippen molar-refractivity contribution >= 4 is 0 Å². The first-order chi connectivity index (χ1) is 7.93. The second-order valence-corrected chi connectivity index (χ2v) is 4.56. The Morgan fingerprint density at radius 1 is 1.06 bits per heavy atom. The summed E-state index contributed by atoms with van der Waals surface area (Å²) in [5.74, 6) is -1.02. The largest absolute Gasteiger partial charge is 0.504 e. The molecule has 0 aliphatic carbocycles. The first-order valence-corrected chi connectivity index (χ1v) is 5.91. The van der Waals surface area contributed by atoms with Crippen molar-refractivity contribution in [2.45, 2.75) is 45.7 Å². The molecule has 0 amide bonds. The lowest BCUT2D eigenvalue weighted by atomic mass is 9.95. The van der Waals surface area contributed by atoms with Gasteiger partial charge in [0.25, 0.3) is 0 Å². The minimum absolute atomic E-state index is 0.0138. The minimum atomic E-state index is -0.459. The highest BCUT2D eigenvalue weighted by Crippen LogP contribution is 2.37. The van der Waals surface area contributed by atoms with Crippen LogP contribution < -0.4 is 5.32 Å². The zero-order valence-corrected chi connectivity index (χ0v) is 10.6. The molecule has 4 N–H and O–H groups in total. The monoisotopic (exact) mass is 239 g/mol. The molecule has 0 heterocycles. The summed E-state index contributed by atoms with van der Waals surface area (Å²) in [6.45, 7) is 6.78. The fraction of sp³-hybridized carbons (Fsp3) is 0.538. The Balaban J connectivity index is 2.80. The lowest BCUT2D eigenvalue weighted by Gasteiger charge is -2.28.